The lowest BCUT2D eigenvalue weighted by Gasteiger charge is -2.28. The molecule has 2 aliphatic rings. The number of Topliss-reactive ketones (excluding diaryl/α,β-unsaturated/α-hetero) is 1. The van der Waals surface area contributed by atoms with E-state index >= 15 is 0 Å². The number of fused-ring (bicyclic) bond motifs is 1. The number of carbonyl (C=O) groups is 4. The topological polar surface area (TPSA) is 129 Å². The normalized spacial score (nSPS) is 18.3. The number of ketones is 1. The Labute approximate surface area is 256 Å². The molecule has 1 saturated carbocycles. The lowest BCUT2D eigenvalue weighted by Crippen LogP contribution is -2.53. The highest BCUT2D eigenvalue weighted by Crippen LogP contribution is 2.29. The molecule has 0 unspecified atom stereocenters. The minimum atomic E-state index is -1.82. The number of hydrogen-bond acceptors (Lipinski definition) is 5. The number of rotatable bonds is 12. The summed E-state index contributed by atoms with van der Waals surface area (Å²) < 4.78 is 60.5. The molecule has 13 heteroatoms. The molecule has 2 heterocycles. The van der Waals surface area contributed by atoms with Crippen LogP contribution in [0, 0.1) is 35.1 Å². The molecule has 4 N–H and O–H groups in total. The molecule has 3 amide bonds. The summed E-state index contributed by atoms with van der Waals surface area (Å²) in [4.78, 5) is 55.7. The van der Waals surface area contributed by atoms with Gasteiger partial charge < -0.3 is 25.7 Å². The molecule has 3 aromatic rings. The number of nitrogens with one attached hydrogen (secondary N) is 4. The zero-order valence-corrected chi connectivity index (χ0v) is 24.4. The number of hydrogen-bond donors (Lipinski definition) is 4. The van der Waals surface area contributed by atoms with Crippen molar-refractivity contribution in [2.45, 2.75) is 63.5 Å². The first-order valence-electron chi connectivity index (χ1n) is 15.1. The van der Waals surface area contributed by atoms with Crippen molar-refractivity contribution >= 4 is 34.4 Å². The van der Waals surface area contributed by atoms with Gasteiger partial charge in [0.25, 0.3) is 5.91 Å². The molecule has 9 nitrogen and oxygen atoms in total. The van der Waals surface area contributed by atoms with Crippen molar-refractivity contribution in [3.8, 4) is 5.75 Å². The van der Waals surface area contributed by atoms with Gasteiger partial charge in [-0.3, -0.25) is 19.2 Å². The van der Waals surface area contributed by atoms with Crippen molar-refractivity contribution < 1.29 is 41.5 Å². The molecule has 0 bridgehead atoms. The summed E-state index contributed by atoms with van der Waals surface area (Å²) in [6.07, 6.45) is 5.30. The fourth-order valence-corrected chi connectivity index (χ4v) is 6.04. The van der Waals surface area contributed by atoms with Crippen molar-refractivity contribution in [2.75, 3.05) is 13.2 Å². The van der Waals surface area contributed by atoms with E-state index in [4.69, 9.17) is 4.74 Å². The number of para-hydroxylation sites is 1. The van der Waals surface area contributed by atoms with Crippen LogP contribution in [-0.2, 0) is 14.4 Å². The largest absolute Gasteiger partial charge is 0.479 e. The number of amides is 3. The van der Waals surface area contributed by atoms with Crippen LogP contribution >= 0.6 is 0 Å². The Morgan fingerprint density at radius 2 is 1.60 bits per heavy atom. The molecule has 2 aromatic carbocycles. The lowest BCUT2D eigenvalue weighted by molar-refractivity contribution is -0.131. The van der Waals surface area contributed by atoms with Gasteiger partial charge in [-0.05, 0) is 37.3 Å². The second-order valence-corrected chi connectivity index (χ2v) is 11.7. The van der Waals surface area contributed by atoms with Gasteiger partial charge in [-0.15, -0.1) is 0 Å². The van der Waals surface area contributed by atoms with E-state index in [1.54, 1.807) is 6.07 Å². The maximum atomic E-state index is 14.2. The number of H-pyrrole nitrogens is 1. The molecule has 45 heavy (non-hydrogen) atoms. The summed E-state index contributed by atoms with van der Waals surface area (Å²) in [5, 5.41) is 8.86. The fraction of sp³-hybridized carbons (Fsp3) is 0.438. The Morgan fingerprint density at radius 1 is 0.889 bits per heavy atom. The van der Waals surface area contributed by atoms with Crippen LogP contribution in [0.25, 0.3) is 10.9 Å². The van der Waals surface area contributed by atoms with Gasteiger partial charge >= 0.3 is 0 Å². The van der Waals surface area contributed by atoms with E-state index in [-0.39, 0.29) is 30.0 Å². The summed E-state index contributed by atoms with van der Waals surface area (Å²) in [5.41, 5.74) is 0.982. The number of aromatic amines is 1. The second-order valence-electron chi connectivity index (χ2n) is 11.7. The van der Waals surface area contributed by atoms with Gasteiger partial charge in [-0.1, -0.05) is 50.3 Å². The average Bonchev–Trinajstić information content (AvgIpc) is 3.65. The quantitative estimate of drug-likeness (QED) is 0.174. The van der Waals surface area contributed by atoms with Crippen LogP contribution in [-0.4, -0.2) is 53.7 Å². The summed E-state index contributed by atoms with van der Waals surface area (Å²) in [6, 6.07) is 6.55. The molecule has 240 valence electrons. The van der Waals surface area contributed by atoms with Crippen LogP contribution in [0.4, 0.5) is 17.6 Å². The molecule has 0 radical (unpaired) electrons. The molecular weight excluding hydrogens is 596 g/mol. The van der Waals surface area contributed by atoms with Crippen LogP contribution in [0.1, 0.15) is 61.9 Å². The Bertz CT molecular complexity index is 1530. The Kier molecular flexibility index (Phi) is 10.0. The zero-order valence-electron chi connectivity index (χ0n) is 24.4. The van der Waals surface area contributed by atoms with Crippen LogP contribution in [0.15, 0.2) is 36.4 Å². The van der Waals surface area contributed by atoms with E-state index in [2.05, 4.69) is 20.9 Å². The van der Waals surface area contributed by atoms with Gasteiger partial charge in [0.2, 0.25) is 23.4 Å². The van der Waals surface area contributed by atoms with E-state index in [1.807, 2.05) is 24.3 Å². The van der Waals surface area contributed by atoms with Crippen LogP contribution in [0.5, 0.6) is 5.75 Å². The fourth-order valence-electron chi connectivity index (χ4n) is 6.04. The minimum absolute atomic E-state index is 0.0116. The molecular formula is C32H34F4N4O5. The monoisotopic (exact) mass is 630 g/mol. The maximum Gasteiger partial charge on any atom is 0.268 e. The van der Waals surface area contributed by atoms with Gasteiger partial charge in [-0.25, -0.2) is 8.78 Å². The van der Waals surface area contributed by atoms with E-state index < -0.39 is 71.2 Å². The number of ether oxygens (including phenoxy) is 1. The average molecular weight is 631 g/mol. The van der Waals surface area contributed by atoms with Crippen molar-refractivity contribution in [1.29, 1.82) is 0 Å². The third-order valence-corrected chi connectivity index (χ3v) is 8.51. The summed E-state index contributed by atoms with van der Waals surface area (Å²) >= 11 is 0. The molecule has 1 aliphatic heterocycles. The van der Waals surface area contributed by atoms with Crippen LogP contribution in [0.2, 0.25) is 0 Å². The Hall–Kier alpha value is -4.42. The van der Waals surface area contributed by atoms with E-state index in [0.717, 1.165) is 43.0 Å². The smallest absolute Gasteiger partial charge is 0.268 e. The minimum Gasteiger partial charge on any atom is -0.479 e. The molecule has 1 saturated heterocycles. The van der Waals surface area contributed by atoms with E-state index in [9.17, 15) is 36.7 Å². The maximum absolute atomic E-state index is 14.2. The summed E-state index contributed by atoms with van der Waals surface area (Å²) in [6.45, 7) is -0.691. The molecule has 1 aromatic heterocycles. The number of carbonyl (C=O) groups excluding carboxylic acids is 4. The molecule has 5 rings (SSSR count). The standard InChI is InChI=1S/C32H34F4N4O5/c33-20-15-21(34)28(36)29(27(20)35)45-16-26(41)23(14-19-10-11-37-30(19)42)39-31(43)24(12-17-6-2-1-3-7-17)40-32(44)25-13-18-8-4-5-9-22(18)38-25/h4-5,8-9,13,15,17,19,23-24,38H,1-3,6-7,10-12,14,16H2,(H,37,42)(H,39,43)(H,40,44)/t19-,23-,24-/m0/s1. The number of halogens is 4. The number of benzene rings is 2. The SMILES string of the molecule is O=C(N[C@@H](CC1CCCCC1)C(=O)N[C@@H](C[C@@H]1CCNC1=O)C(=O)COc1c(F)c(F)cc(F)c1F)c1cc2ccccc2[nH]1. The number of aromatic nitrogens is 1. The third-order valence-electron chi connectivity index (χ3n) is 8.51. The van der Waals surface area contributed by atoms with Crippen molar-refractivity contribution in [1.82, 2.24) is 20.9 Å². The predicted octanol–water partition coefficient (Wildman–Crippen LogP) is 4.45. The van der Waals surface area contributed by atoms with Gasteiger partial charge in [0.05, 0.1) is 6.04 Å². The molecule has 1 aliphatic carbocycles. The van der Waals surface area contributed by atoms with Gasteiger partial charge in [0.1, 0.15) is 18.3 Å². The predicted molar refractivity (Wildman–Crippen MR) is 155 cm³/mol. The molecule has 2 fully saturated rings. The first-order valence-corrected chi connectivity index (χ1v) is 15.1. The third kappa shape index (κ3) is 7.63. The molecule has 0 spiro atoms. The summed E-state index contributed by atoms with van der Waals surface area (Å²) in [7, 11) is 0. The van der Waals surface area contributed by atoms with Crippen molar-refractivity contribution in [2.24, 2.45) is 11.8 Å². The summed E-state index contributed by atoms with van der Waals surface area (Å²) in [5.74, 6) is -11.4. The Balaban J connectivity index is 1.34. The second kappa shape index (κ2) is 14.1. The van der Waals surface area contributed by atoms with Gasteiger partial charge in [-0.2, -0.15) is 8.78 Å². The van der Waals surface area contributed by atoms with Crippen LogP contribution < -0.4 is 20.7 Å². The van der Waals surface area contributed by atoms with E-state index in [0.29, 0.717) is 19.4 Å². The zero-order chi connectivity index (χ0) is 32.1. The van der Waals surface area contributed by atoms with Gasteiger partial charge in [0.15, 0.2) is 23.2 Å². The van der Waals surface area contributed by atoms with Crippen LogP contribution in [0.3, 0.4) is 0 Å². The highest BCUT2D eigenvalue weighted by molar-refractivity contribution is 6.01. The van der Waals surface area contributed by atoms with Gasteiger partial charge in [0, 0.05) is 29.4 Å². The van der Waals surface area contributed by atoms with Crippen molar-refractivity contribution in [3.05, 3.63) is 65.4 Å². The Morgan fingerprint density at radius 3 is 2.27 bits per heavy atom. The molecule has 3 atom stereocenters. The first kappa shape index (κ1) is 32.0. The van der Waals surface area contributed by atoms with E-state index in [1.165, 1.54) is 0 Å². The lowest BCUT2D eigenvalue weighted by atomic mass is 9.84. The highest BCUT2D eigenvalue weighted by atomic mass is 19.2. The first-order chi connectivity index (χ1) is 21.6. The van der Waals surface area contributed by atoms with Crippen molar-refractivity contribution in [3.63, 3.8) is 0 Å². The highest BCUT2D eigenvalue weighted by Gasteiger charge is 2.35.